The summed E-state index contributed by atoms with van der Waals surface area (Å²) in [4.78, 5) is 0. The topological polar surface area (TPSA) is 9.23 Å². The van der Waals surface area contributed by atoms with Crippen molar-refractivity contribution in [3.63, 3.8) is 0 Å². The molecule has 0 aliphatic carbocycles. The zero-order valence-electron chi connectivity index (χ0n) is 9.99. The summed E-state index contributed by atoms with van der Waals surface area (Å²) in [5.74, 6) is 0.646. The summed E-state index contributed by atoms with van der Waals surface area (Å²) in [5, 5.41) is 0. The molecule has 0 saturated heterocycles. The zero-order chi connectivity index (χ0) is 11.6. The molecule has 2 heteroatoms. The highest BCUT2D eigenvalue weighted by atomic mass is 35.5. The number of hydrogen-bond donors (Lipinski definition) is 0. The fraction of sp³-hybridized carbons (Fsp3) is 0.571. The van der Waals surface area contributed by atoms with Crippen molar-refractivity contribution in [1.82, 2.24) is 0 Å². The summed E-state index contributed by atoms with van der Waals surface area (Å²) in [6.07, 6.45) is 4.66. The molecule has 0 saturated carbocycles. The Hall–Kier alpha value is -0.530. The Balaban J connectivity index is 2.41. The maximum atomic E-state index is 5.89. The van der Waals surface area contributed by atoms with Crippen LogP contribution in [0.5, 0.6) is 0 Å². The number of hydrogen-bond acceptors (Lipinski definition) is 1. The summed E-state index contributed by atoms with van der Waals surface area (Å²) in [7, 11) is 0. The molecule has 16 heavy (non-hydrogen) atoms. The van der Waals surface area contributed by atoms with E-state index in [1.54, 1.807) is 0 Å². The Morgan fingerprint density at radius 1 is 1.19 bits per heavy atom. The van der Waals surface area contributed by atoms with E-state index in [0.29, 0.717) is 5.88 Å². The lowest BCUT2D eigenvalue weighted by Crippen LogP contribution is -2.06. The lowest BCUT2D eigenvalue weighted by atomic mass is 10.1. The molecule has 0 N–H and O–H groups in total. The van der Waals surface area contributed by atoms with Crippen LogP contribution < -0.4 is 0 Å². The highest BCUT2D eigenvalue weighted by Crippen LogP contribution is 2.21. The predicted octanol–water partition coefficient (Wildman–Crippen LogP) is 4.56. The molecule has 1 unspecified atom stereocenters. The quantitative estimate of drug-likeness (QED) is 0.478. The van der Waals surface area contributed by atoms with Crippen LogP contribution in [0.3, 0.4) is 0 Å². The summed E-state index contributed by atoms with van der Waals surface area (Å²) in [6, 6.07) is 10.3. The maximum absolute atomic E-state index is 5.89. The second-order valence-corrected chi connectivity index (χ2v) is 4.33. The molecule has 0 amide bonds. The number of halogens is 1. The monoisotopic (exact) mass is 240 g/mol. The van der Waals surface area contributed by atoms with E-state index in [0.717, 1.165) is 19.4 Å². The van der Waals surface area contributed by atoms with E-state index < -0.39 is 0 Å². The van der Waals surface area contributed by atoms with Crippen molar-refractivity contribution in [3.05, 3.63) is 35.9 Å². The van der Waals surface area contributed by atoms with Crippen molar-refractivity contribution in [2.45, 2.75) is 38.7 Å². The van der Waals surface area contributed by atoms with Crippen LogP contribution in [-0.2, 0) is 4.74 Å². The van der Waals surface area contributed by atoms with Gasteiger partial charge in [0.2, 0.25) is 0 Å². The van der Waals surface area contributed by atoms with Crippen LogP contribution in [0.25, 0.3) is 0 Å². The minimum atomic E-state index is 0.163. The Bertz CT molecular complexity index is 261. The Labute approximate surface area is 104 Å². The molecule has 0 aromatic heterocycles. The number of alkyl halides is 1. The number of rotatable bonds is 8. The van der Waals surface area contributed by atoms with Crippen molar-refractivity contribution in [1.29, 1.82) is 0 Å². The first-order valence-corrected chi connectivity index (χ1v) is 6.64. The molecule has 90 valence electrons. The van der Waals surface area contributed by atoms with Crippen molar-refractivity contribution >= 4 is 11.6 Å². The van der Waals surface area contributed by atoms with Gasteiger partial charge < -0.3 is 4.74 Å². The lowest BCUT2D eigenvalue weighted by molar-refractivity contribution is 0.0481. The molecular weight excluding hydrogens is 220 g/mol. The van der Waals surface area contributed by atoms with Gasteiger partial charge in [0.15, 0.2) is 0 Å². The molecule has 1 rings (SSSR count). The normalized spacial score (nSPS) is 12.6. The average Bonchev–Trinajstić information content (AvgIpc) is 2.34. The SMILES string of the molecule is CCCCCOC(CCCl)c1ccccc1. The molecule has 0 heterocycles. The van der Waals surface area contributed by atoms with E-state index in [9.17, 15) is 0 Å². The van der Waals surface area contributed by atoms with Gasteiger partial charge in [-0.15, -0.1) is 11.6 Å². The highest BCUT2D eigenvalue weighted by molar-refractivity contribution is 6.17. The summed E-state index contributed by atoms with van der Waals surface area (Å²) < 4.78 is 5.89. The van der Waals surface area contributed by atoms with E-state index in [4.69, 9.17) is 16.3 Å². The van der Waals surface area contributed by atoms with Crippen molar-refractivity contribution in [3.8, 4) is 0 Å². The molecule has 0 spiro atoms. The average molecular weight is 241 g/mol. The molecule has 0 aliphatic heterocycles. The molecule has 0 radical (unpaired) electrons. The van der Waals surface area contributed by atoms with Gasteiger partial charge in [-0.25, -0.2) is 0 Å². The molecule has 1 nitrogen and oxygen atoms in total. The van der Waals surface area contributed by atoms with Gasteiger partial charge >= 0.3 is 0 Å². The molecular formula is C14H21ClO. The van der Waals surface area contributed by atoms with Crippen LogP contribution in [-0.4, -0.2) is 12.5 Å². The molecule has 0 aliphatic rings. The first kappa shape index (κ1) is 13.5. The first-order chi connectivity index (χ1) is 7.88. The number of ether oxygens (including phenoxy) is 1. The van der Waals surface area contributed by atoms with E-state index in [-0.39, 0.29) is 6.10 Å². The van der Waals surface area contributed by atoms with Gasteiger partial charge in [0.1, 0.15) is 0 Å². The Morgan fingerprint density at radius 2 is 1.94 bits per heavy atom. The van der Waals surface area contributed by atoms with Crippen molar-refractivity contribution in [2.75, 3.05) is 12.5 Å². The lowest BCUT2D eigenvalue weighted by Gasteiger charge is -2.17. The third kappa shape index (κ3) is 5.00. The Morgan fingerprint density at radius 3 is 2.56 bits per heavy atom. The highest BCUT2D eigenvalue weighted by Gasteiger charge is 2.10. The van der Waals surface area contributed by atoms with Crippen LogP contribution in [0.15, 0.2) is 30.3 Å². The maximum Gasteiger partial charge on any atom is 0.0836 e. The number of unbranched alkanes of at least 4 members (excludes halogenated alkanes) is 2. The van der Waals surface area contributed by atoms with E-state index in [2.05, 4.69) is 19.1 Å². The van der Waals surface area contributed by atoms with Crippen molar-refractivity contribution < 1.29 is 4.74 Å². The van der Waals surface area contributed by atoms with Gasteiger partial charge in [-0.1, -0.05) is 50.1 Å². The van der Waals surface area contributed by atoms with Crippen LogP contribution in [0.4, 0.5) is 0 Å². The smallest absolute Gasteiger partial charge is 0.0836 e. The summed E-state index contributed by atoms with van der Waals surface area (Å²) >= 11 is 5.81. The Kier molecular flexibility index (Phi) is 7.28. The second-order valence-electron chi connectivity index (χ2n) is 3.95. The second kappa shape index (κ2) is 8.60. The fourth-order valence-corrected chi connectivity index (χ4v) is 1.89. The molecule has 0 fully saturated rings. The van der Waals surface area contributed by atoms with Crippen LogP contribution in [0.2, 0.25) is 0 Å². The summed E-state index contributed by atoms with van der Waals surface area (Å²) in [5.41, 5.74) is 1.24. The van der Waals surface area contributed by atoms with Crippen LogP contribution in [0.1, 0.15) is 44.3 Å². The minimum absolute atomic E-state index is 0.163. The van der Waals surface area contributed by atoms with Gasteiger partial charge in [0.25, 0.3) is 0 Å². The van der Waals surface area contributed by atoms with Gasteiger partial charge in [-0.05, 0) is 18.4 Å². The standard InChI is InChI=1S/C14H21ClO/c1-2-3-7-12-16-14(10-11-15)13-8-5-4-6-9-13/h4-6,8-9,14H,2-3,7,10-12H2,1H3. The van der Waals surface area contributed by atoms with Crippen LogP contribution in [0, 0.1) is 0 Å². The van der Waals surface area contributed by atoms with Gasteiger partial charge in [0.05, 0.1) is 6.10 Å². The van der Waals surface area contributed by atoms with Gasteiger partial charge in [0, 0.05) is 12.5 Å². The molecule has 1 aromatic carbocycles. The fourth-order valence-electron chi connectivity index (χ4n) is 1.69. The molecule has 1 atom stereocenters. The third-order valence-electron chi connectivity index (χ3n) is 2.61. The minimum Gasteiger partial charge on any atom is -0.373 e. The zero-order valence-corrected chi connectivity index (χ0v) is 10.7. The largest absolute Gasteiger partial charge is 0.373 e. The summed E-state index contributed by atoms with van der Waals surface area (Å²) in [6.45, 7) is 3.04. The van der Waals surface area contributed by atoms with Crippen LogP contribution >= 0.6 is 11.6 Å². The van der Waals surface area contributed by atoms with E-state index in [1.807, 2.05) is 18.2 Å². The first-order valence-electron chi connectivity index (χ1n) is 6.11. The van der Waals surface area contributed by atoms with Gasteiger partial charge in [-0.3, -0.25) is 0 Å². The molecule has 0 bridgehead atoms. The third-order valence-corrected chi connectivity index (χ3v) is 2.83. The van der Waals surface area contributed by atoms with E-state index >= 15 is 0 Å². The number of benzene rings is 1. The van der Waals surface area contributed by atoms with Crippen molar-refractivity contribution in [2.24, 2.45) is 0 Å². The molecule has 1 aromatic rings. The van der Waals surface area contributed by atoms with Gasteiger partial charge in [-0.2, -0.15) is 0 Å². The predicted molar refractivity (Wildman–Crippen MR) is 70.0 cm³/mol. The van der Waals surface area contributed by atoms with E-state index in [1.165, 1.54) is 18.4 Å².